The van der Waals surface area contributed by atoms with Gasteiger partial charge in [0.05, 0.1) is 14.2 Å². The first-order valence-electron chi connectivity index (χ1n) is 8.82. The van der Waals surface area contributed by atoms with E-state index in [-0.39, 0.29) is 5.91 Å². The van der Waals surface area contributed by atoms with Crippen molar-refractivity contribution in [3.63, 3.8) is 0 Å². The quantitative estimate of drug-likeness (QED) is 0.414. The van der Waals surface area contributed by atoms with Crippen molar-refractivity contribution in [3.05, 3.63) is 82.8 Å². The van der Waals surface area contributed by atoms with E-state index < -0.39 is 0 Å². The molecule has 0 spiro atoms. The molecule has 1 N–H and O–H groups in total. The Morgan fingerprint density at radius 2 is 1.52 bits per heavy atom. The molecule has 4 nitrogen and oxygen atoms in total. The normalized spacial score (nSPS) is 10.7. The van der Waals surface area contributed by atoms with Gasteiger partial charge >= 0.3 is 0 Å². The summed E-state index contributed by atoms with van der Waals surface area (Å²) in [5.41, 5.74) is 1.59. The maximum atomic E-state index is 12.2. The average molecular weight is 470 g/mol. The smallest absolute Gasteiger partial charge is 0.248 e. The Morgan fingerprint density at radius 3 is 2.14 bits per heavy atom. The second-order valence-electron chi connectivity index (χ2n) is 6.02. The Labute approximate surface area is 183 Å². The van der Waals surface area contributed by atoms with Gasteiger partial charge in [-0.1, -0.05) is 33.8 Å². The molecule has 0 atom stereocenters. The summed E-state index contributed by atoms with van der Waals surface area (Å²) in [5.74, 6) is 1.07. The summed E-state index contributed by atoms with van der Waals surface area (Å²) >= 11 is 5.11. The first-order chi connectivity index (χ1) is 14.1. The molecule has 29 heavy (non-hydrogen) atoms. The third kappa shape index (κ3) is 6.14. The van der Waals surface area contributed by atoms with Gasteiger partial charge in [-0.15, -0.1) is 0 Å². The highest BCUT2D eigenvalue weighted by Gasteiger charge is 2.04. The van der Waals surface area contributed by atoms with E-state index >= 15 is 0 Å². The monoisotopic (exact) mass is 469 g/mol. The molecule has 3 aromatic rings. The number of amides is 1. The molecule has 3 aromatic carbocycles. The Kier molecular flexibility index (Phi) is 7.38. The molecular formula is C23H20BrNO3S. The molecule has 0 aromatic heterocycles. The predicted octanol–water partition coefficient (Wildman–Crippen LogP) is 6.27. The number of rotatable bonds is 7. The molecule has 0 heterocycles. The number of halogens is 1. The third-order valence-electron chi connectivity index (χ3n) is 4.01. The summed E-state index contributed by atoms with van der Waals surface area (Å²) in [5, 5.41) is 2.86. The van der Waals surface area contributed by atoms with Crippen LogP contribution in [0.2, 0.25) is 0 Å². The van der Waals surface area contributed by atoms with Gasteiger partial charge in [0.15, 0.2) is 11.5 Å². The van der Waals surface area contributed by atoms with E-state index in [9.17, 15) is 4.79 Å². The molecule has 0 aliphatic rings. The lowest BCUT2D eigenvalue weighted by atomic mass is 10.2. The maximum Gasteiger partial charge on any atom is 0.248 e. The molecule has 0 aliphatic heterocycles. The van der Waals surface area contributed by atoms with Gasteiger partial charge in [0.1, 0.15) is 0 Å². The average Bonchev–Trinajstić information content (AvgIpc) is 2.75. The highest BCUT2D eigenvalue weighted by molar-refractivity contribution is 9.10. The van der Waals surface area contributed by atoms with E-state index in [1.807, 2.05) is 48.5 Å². The number of hydrogen-bond acceptors (Lipinski definition) is 4. The van der Waals surface area contributed by atoms with Crippen LogP contribution in [-0.4, -0.2) is 20.1 Å². The van der Waals surface area contributed by atoms with Crippen LogP contribution in [0.1, 0.15) is 5.56 Å². The number of carbonyl (C=O) groups is 1. The fourth-order valence-electron chi connectivity index (χ4n) is 2.56. The van der Waals surface area contributed by atoms with E-state index in [2.05, 4.69) is 33.4 Å². The molecule has 6 heteroatoms. The van der Waals surface area contributed by atoms with Gasteiger partial charge in [-0.05, 0) is 72.3 Å². The minimum absolute atomic E-state index is 0.201. The number of hydrogen-bond donors (Lipinski definition) is 1. The van der Waals surface area contributed by atoms with E-state index in [1.54, 1.807) is 38.1 Å². The molecule has 0 bridgehead atoms. The van der Waals surface area contributed by atoms with Crippen LogP contribution < -0.4 is 14.8 Å². The molecule has 0 aliphatic carbocycles. The minimum Gasteiger partial charge on any atom is -0.493 e. The first kappa shape index (κ1) is 21.0. The first-order valence-corrected chi connectivity index (χ1v) is 10.4. The summed E-state index contributed by atoms with van der Waals surface area (Å²) in [6.45, 7) is 0. The van der Waals surface area contributed by atoms with Crippen molar-refractivity contribution in [3.8, 4) is 11.5 Å². The summed E-state index contributed by atoms with van der Waals surface area (Å²) in [6.07, 6.45) is 3.22. The number of anilines is 1. The zero-order valence-electron chi connectivity index (χ0n) is 16.0. The lowest BCUT2D eigenvalue weighted by Crippen LogP contribution is -2.07. The summed E-state index contributed by atoms with van der Waals surface area (Å²) in [4.78, 5) is 14.5. The Bertz CT molecular complexity index is 1000. The van der Waals surface area contributed by atoms with Crippen LogP contribution in [0.25, 0.3) is 6.08 Å². The predicted molar refractivity (Wildman–Crippen MR) is 122 cm³/mol. The van der Waals surface area contributed by atoms with Gasteiger partial charge in [0, 0.05) is 26.0 Å². The van der Waals surface area contributed by atoms with Gasteiger partial charge in [-0.25, -0.2) is 0 Å². The Morgan fingerprint density at radius 1 is 0.897 bits per heavy atom. The molecule has 3 rings (SSSR count). The van der Waals surface area contributed by atoms with E-state index in [1.165, 1.54) is 6.08 Å². The highest BCUT2D eigenvalue weighted by atomic mass is 79.9. The fraction of sp³-hybridized carbons (Fsp3) is 0.0870. The van der Waals surface area contributed by atoms with E-state index in [0.717, 1.165) is 25.5 Å². The molecule has 0 saturated carbocycles. The molecule has 0 fully saturated rings. The summed E-state index contributed by atoms with van der Waals surface area (Å²) < 4.78 is 11.5. The standard InChI is InChI=1S/C23H20BrNO3S/c1-27-21-13-3-16(15-22(21)28-2)4-14-23(26)25-18-7-11-20(12-8-18)29-19-9-5-17(24)6-10-19/h3-15H,1-2H3,(H,25,26)/b14-4+. The molecule has 148 valence electrons. The number of ether oxygens (including phenoxy) is 2. The van der Waals surface area contributed by atoms with Crippen LogP contribution in [0.3, 0.4) is 0 Å². The van der Waals surface area contributed by atoms with Crippen molar-refractivity contribution < 1.29 is 14.3 Å². The summed E-state index contributed by atoms with van der Waals surface area (Å²) in [6, 6.07) is 21.4. The largest absolute Gasteiger partial charge is 0.493 e. The third-order valence-corrected chi connectivity index (χ3v) is 5.55. The number of methoxy groups -OCH3 is 2. The van der Waals surface area contributed by atoms with Crippen molar-refractivity contribution >= 4 is 45.4 Å². The molecular weight excluding hydrogens is 450 g/mol. The van der Waals surface area contributed by atoms with Gasteiger partial charge in [-0.3, -0.25) is 4.79 Å². The number of carbonyl (C=O) groups excluding carboxylic acids is 1. The molecule has 0 radical (unpaired) electrons. The van der Waals surface area contributed by atoms with Crippen molar-refractivity contribution in [2.45, 2.75) is 9.79 Å². The lowest BCUT2D eigenvalue weighted by molar-refractivity contribution is -0.111. The number of benzene rings is 3. The van der Waals surface area contributed by atoms with Crippen LogP contribution in [0.4, 0.5) is 5.69 Å². The lowest BCUT2D eigenvalue weighted by Gasteiger charge is -2.07. The molecule has 1 amide bonds. The zero-order valence-corrected chi connectivity index (χ0v) is 18.4. The zero-order chi connectivity index (χ0) is 20.6. The van der Waals surface area contributed by atoms with Crippen LogP contribution in [0, 0.1) is 0 Å². The second-order valence-corrected chi connectivity index (χ2v) is 8.08. The van der Waals surface area contributed by atoms with Crippen LogP contribution in [0.5, 0.6) is 11.5 Å². The van der Waals surface area contributed by atoms with Crippen molar-refractivity contribution in [2.24, 2.45) is 0 Å². The highest BCUT2D eigenvalue weighted by Crippen LogP contribution is 2.30. The van der Waals surface area contributed by atoms with Crippen molar-refractivity contribution in [1.29, 1.82) is 0 Å². The van der Waals surface area contributed by atoms with Crippen molar-refractivity contribution in [1.82, 2.24) is 0 Å². The van der Waals surface area contributed by atoms with E-state index in [0.29, 0.717) is 11.5 Å². The van der Waals surface area contributed by atoms with Crippen molar-refractivity contribution in [2.75, 3.05) is 19.5 Å². The maximum absolute atomic E-state index is 12.2. The SMILES string of the molecule is COc1ccc(/C=C/C(=O)Nc2ccc(Sc3ccc(Br)cc3)cc2)cc1OC. The van der Waals surface area contributed by atoms with Gasteiger partial charge in [0.25, 0.3) is 0 Å². The number of nitrogens with one attached hydrogen (secondary N) is 1. The minimum atomic E-state index is -0.201. The molecule has 0 unspecified atom stereocenters. The van der Waals surface area contributed by atoms with Gasteiger partial charge in [-0.2, -0.15) is 0 Å². The topological polar surface area (TPSA) is 47.6 Å². The Hall–Kier alpha value is -2.70. The van der Waals surface area contributed by atoms with Gasteiger partial charge < -0.3 is 14.8 Å². The van der Waals surface area contributed by atoms with E-state index in [4.69, 9.17) is 9.47 Å². The Balaban J connectivity index is 1.59. The molecule has 0 saturated heterocycles. The fourth-order valence-corrected chi connectivity index (χ4v) is 3.64. The van der Waals surface area contributed by atoms with Crippen LogP contribution >= 0.6 is 27.7 Å². The van der Waals surface area contributed by atoms with Gasteiger partial charge in [0.2, 0.25) is 5.91 Å². The van der Waals surface area contributed by atoms with Crippen LogP contribution in [0.15, 0.2) is 87.1 Å². The summed E-state index contributed by atoms with van der Waals surface area (Å²) in [7, 11) is 3.17. The van der Waals surface area contributed by atoms with Crippen LogP contribution in [-0.2, 0) is 4.79 Å². The second kappa shape index (κ2) is 10.2.